The molecule has 1 rings (SSSR count). The van der Waals surface area contributed by atoms with Gasteiger partial charge in [0.15, 0.2) is 0 Å². The summed E-state index contributed by atoms with van der Waals surface area (Å²) >= 11 is 0. The number of aliphatic hydroxyl groups is 1. The maximum absolute atomic E-state index is 12.7. The standard InChI is InChI=1S/C13H16FNO/c1-3-11(9-15)13(2,16)8-10-4-6-12(14)7-5-10/h4-7,11,16H,3,8H2,1-2H3. The second kappa shape index (κ2) is 5.09. The Balaban J connectivity index is 2.80. The molecule has 0 radical (unpaired) electrons. The van der Waals surface area contributed by atoms with Crippen molar-refractivity contribution < 1.29 is 9.50 Å². The first kappa shape index (κ1) is 12.7. The summed E-state index contributed by atoms with van der Waals surface area (Å²) in [5.74, 6) is -0.701. The van der Waals surface area contributed by atoms with Crippen molar-refractivity contribution in [2.45, 2.75) is 32.3 Å². The molecule has 0 aromatic heterocycles. The Kier molecular flexibility index (Phi) is 4.03. The Bertz CT molecular complexity index is 378. The molecule has 0 spiro atoms. The summed E-state index contributed by atoms with van der Waals surface area (Å²) in [4.78, 5) is 0. The summed E-state index contributed by atoms with van der Waals surface area (Å²) < 4.78 is 12.7. The quantitative estimate of drug-likeness (QED) is 0.849. The van der Waals surface area contributed by atoms with Gasteiger partial charge in [-0.1, -0.05) is 19.1 Å². The Morgan fingerprint density at radius 3 is 2.44 bits per heavy atom. The van der Waals surface area contributed by atoms with E-state index in [4.69, 9.17) is 5.26 Å². The topological polar surface area (TPSA) is 44.0 Å². The highest BCUT2D eigenvalue weighted by Crippen LogP contribution is 2.24. The minimum Gasteiger partial charge on any atom is -0.388 e. The molecule has 86 valence electrons. The smallest absolute Gasteiger partial charge is 0.123 e. The zero-order chi connectivity index (χ0) is 12.2. The lowest BCUT2D eigenvalue weighted by molar-refractivity contribution is 0.0198. The fraction of sp³-hybridized carbons (Fsp3) is 0.462. The zero-order valence-corrected chi connectivity index (χ0v) is 9.57. The zero-order valence-electron chi connectivity index (χ0n) is 9.57. The number of hydrogen-bond donors (Lipinski definition) is 1. The molecular formula is C13H16FNO. The Hall–Kier alpha value is -1.40. The minimum absolute atomic E-state index is 0.296. The van der Waals surface area contributed by atoms with E-state index in [0.717, 1.165) is 5.56 Å². The third-order valence-corrected chi connectivity index (χ3v) is 2.79. The lowest BCUT2D eigenvalue weighted by atomic mass is 9.83. The first-order chi connectivity index (χ1) is 7.49. The van der Waals surface area contributed by atoms with Crippen molar-refractivity contribution in [1.29, 1.82) is 5.26 Å². The van der Waals surface area contributed by atoms with Gasteiger partial charge in [-0.25, -0.2) is 4.39 Å². The van der Waals surface area contributed by atoms with E-state index in [-0.39, 0.29) is 5.82 Å². The van der Waals surface area contributed by atoms with Crippen LogP contribution >= 0.6 is 0 Å². The van der Waals surface area contributed by atoms with Crippen LogP contribution in [-0.4, -0.2) is 10.7 Å². The minimum atomic E-state index is -1.07. The lowest BCUT2D eigenvalue weighted by Gasteiger charge is -2.27. The van der Waals surface area contributed by atoms with Crippen LogP contribution in [0.25, 0.3) is 0 Å². The highest BCUT2D eigenvalue weighted by molar-refractivity contribution is 5.19. The fourth-order valence-corrected chi connectivity index (χ4v) is 1.81. The molecule has 0 aliphatic heterocycles. The highest BCUT2D eigenvalue weighted by Gasteiger charge is 2.30. The van der Waals surface area contributed by atoms with Crippen LogP contribution in [0.1, 0.15) is 25.8 Å². The van der Waals surface area contributed by atoms with Crippen molar-refractivity contribution in [2.24, 2.45) is 5.92 Å². The summed E-state index contributed by atoms with van der Waals surface area (Å²) in [6.45, 7) is 3.51. The van der Waals surface area contributed by atoms with Crippen LogP contribution in [0.2, 0.25) is 0 Å². The number of hydrogen-bond acceptors (Lipinski definition) is 2. The summed E-state index contributed by atoms with van der Waals surface area (Å²) in [5, 5.41) is 19.1. The average molecular weight is 221 g/mol. The van der Waals surface area contributed by atoms with E-state index in [2.05, 4.69) is 6.07 Å². The van der Waals surface area contributed by atoms with E-state index in [1.165, 1.54) is 12.1 Å². The van der Waals surface area contributed by atoms with Crippen LogP contribution in [0.5, 0.6) is 0 Å². The molecule has 0 bridgehead atoms. The van der Waals surface area contributed by atoms with E-state index in [1.54, 1.807) is 19.1 Å². The molecule has 0 saturated carbocycles. The summed E-state index contributed by atoms with van der Waals surface area (Å²) in [7, 11) is 0. The van der Waals surface area contributed by atoms with Crippen molar-refractivity contribution in [3.05, 3.63) is 35.6 Å². The Labute approximate surface area is 95.3 Å². The number of halogens is 1. The number of benzene rings is 1. The van der Waals surface area contributed by atoms with Crippen LogP contribution in [0.4, 0.5) is 4.39 Å². The van der Waals surface area contributed by atoms with E-state index < -0.39 is 11.5 Å². The van der Waals surface area contributed by atoms with Gasteiger partial charge in [0.1, 0.15) is 5.82 Å². The predicted octanol–water partition coefficient (Wildman–Crippen LogP) is 2.67. The second-order valence-corrected chi connectivity index (χ2v) is 4.25. The largest absolute Gasteiger partial charge is 0.388 e. The lowest BCUT2D eigenvalue weighted by Crippen LogP contribution is -2.35. The van der Waals surface area contributed by atoms with Crippen LogP contribution in [0.15, 0.2) is 24.3 Å². The van der Waals surface area contributed by atoms with Crippen molar-refractivity contribution in [3.63, 3.8) is 0 Å². The third kappa shape index (κ3) is 3.04. The monoisotopic (exact) mass is 221 g/mol. The highest BCUT2D eigenvalue weighted by atomic mass is 19.1. The van der Waals surface area contributed by atoms with Gasteiger partial charge in [-0.15, -0.1) is 0 Å². The van der Waals surface area contributed by atoms with Crippen molar-refractivity contribution in [1.82, 2.24) is 0 Å². The molecule has 2 atom stereocenters. The molecule has 1 N–H and O–H groups in total. The normalized spacial score (nSPS) is 16.2. The van der Waals surface area contributed by atoms with Gasteiger partial charge < -0.3 is 5.11 Å². The summed E-state index contributed by atoms with van der Waals surface area (Å²) in [6.07, 6.45) is 0.962. The SMILES string of the molecule is CCC(C#N)C(C)(O)Cc1ccc(F)cc1. The Morgan fingerprint density at radius 1 is 1.44 bits per heavy atom. The molecule has 2 unspecified atom stereocenters. The first-order valence-corrected chi connectivity index (χ1v) is 5.36. The number of nitriles is 1. The molecule has 0 heterocycles. The first-order valence-electron chi connectivity index (χ1n) is 5.36. The van der Waals surface area contributed by atoms with Gasteiger partial charge in [0, 0.05) is 6.42 Å². The maximum atomic E-state index is 12.7. The van der Waals surface area contributed by atoms with Crippen LogP contribution < -0.4 is 0 Å². The van der Waals surface area contributed by atoms with Crippen molar-refractivity contribution in [3.8, 4) is 6.07 Å². The second-order valence-electron chi connectivity index (χ2n) is 4.25. The summed E-state index contributed by atoms with van der Waals surface area (Å²) in [6, 6.07) is 8.08. The van der Waals surface area contributed by atoms with E-state index in [1.807, 2.05) is 6.92 Å². The molecular weight excluding hydrogens is 205 g/mol. The van der Waals surface area contributed by atoms with Gasteiger partial charge in [-0.2, -0.15) is 5.26 Å². The van der Waals surface area contributed by atoms with Gasteiger partial charge in [0.25, 0.3) is 0 Å². The van der Waals surface area contributed by atoms with Crippen molar-refractivity contribution >= 4 is 0 Å². The molecule has 16 heavy (non-hydrogen) atoms. The average Bonchev–Trinajstić information content (AvgIpc) is 2.22. The van der Waals surface area contributed by atoms with E-state index in [9.17, 15) is 9.50 Å². The van der Waals surface area contributed by atoms with Crippen LogP contribution in [-0.2, 0) is 6.42 Å². The van der Waals surface area contributed by atoms with Crippen LogP contribution in [0, 0.1) is 23.1 Å². The maximum Gasteiger partial charge on any atom is 0.123 e. The van der Waals surface area contributed by atoms with Crippen molar-refractivity contribution in [2.75, 3.05) is 0 Å². The van der Waals surface area contributed by atoms with Gasteiger partial charge in [0.2, 0.25) is 0 Å². The predicted molar refractivity (Wildman–Crippen MR) is 60.1 cm³/mol. The molecule has 1 aromatic rings. The fourth-order valence-electron chi connectivity index (χ4n) is 1.81. The van der Waals surface area contributed by atoms with Gasteiger partial charge in [-0.3, -0.25) is 0 Å². The summed E-state index contributed by atoms with van der Waals surface area (Å²) in [5.41, 5.74) is -0.235. The molecule has 3 heteroatoms. The molecule has 0 aliphatic carbocycles. The molecule has 0 aliphatic rings. The van der Waals surface area contributed by atoms with E-state index >= 15 is 0 Å². The molecule has 0 amide bonds. The van der Waals surface area contributed by atoms with Gasteiger partial charge >= 0.3 is 0 Å². The molecule has 1 aromatic carbocycles. The van der Waals surface area contributed by atoms with Gasteiger partial charge in [0.05, 0.1) is 17.6 Å². The molecule has 0 saturated heterocycles. The number of nitrogens with zero attached hydrogens (tertiary/aromatic N) is 1. The molecule has 2 nitrogen and oxygen atoms in total. The molecule has 0 fully saturated rings. The van der Waals surface area contributed by atoms with E-state index in [0.29, 0.717) is 12.8 Å². The van der Waals surface area contributed by atoms with Crippen LogP contribution in [0.3, 0.4) is 0 Å². The Morgan fingerprint density at radius 2 is 2.00 bits per heavy atom. The van der Waals surface area contributed by atoms with Gasteiger partial charge in [-0.05, 0) is 31.0 Å². The third-order valence-electron chi connectivity index (χ3n) is 2.79. The number of rotatable bonds is 4.